The lowest BCUT2D eigenvalue weighted by Crippen LogP contribution is -2.32. The Morgan fingerprint density at radius 1 is 1.62 bits per heavy atom. The van der Waals surface area contributed by atoms with Crippen LogP contribution in [-0.2, 0) is 11.2 Å². The second-order valence-electron chi connectivity index (χ2n) is 3.26. The highest BCUT2D eigenvalue weighted by Gasteiger charge is 2.17. The number of nitrogens with two attached hydrogens (primary N) is 1. The minimum atomic E-state index is -1.22. The molecule has 0 fully saturated rings. The van der Waals surface area contributed by atoms with Gasteiger partial charge in [0.15, 0.2) is 11.5 Å². The zero-order valence-electron chi connectivity index (χ0n) is 8.61. The van der Waals surface area contributed by atoms with E-state index in [9.17, 15) is 14.3 Å². The van der Waals surface area contributed by atoms with Gasteiger partial charge >= 0.3 is 5.97 Å². The van der Waals surface area contributed by atoms with Crippen LogP contribution in [0, 0.1) is 5.82 Å². The maximum absolute atomic E-state index is 13.3. The van der Waals surface area contributed by atoms with Gasteiger partial charge in [-0.05, 0) is 11.6 Å². The lowest BCUT2D eigenvalue weighted by molar-refractivity contribution is -0.138. The fourth-order valence-corrected chi connectivity index (χ4v) is 1.23. The number of hydrogen-bond acceptors (Lipinski definition) is 4. The Balaban J connectivity index is 3.00. The van der Waals surface area contributed by atoms with Gasteiger partial charge in [-0.25, -0.2) is 4.39 Å². The van der Waals surface area contributed by atoms with E-state index >= 15 is 0 Å². The molecule has 0 spiro atoms. The van der Waals surface area contributed by atoms with Gasteiger partial charge < -0.3 is 20.7 Å². The summed E-state index contributed by atoms with van der Waals surface area (Å²) in [6, 6.07) is 0.902. The predicted molar refractivity (Wildman–Crippen MR) is 53.9 cm³/mol. The highest BCUT2D eigenvalue weighted by Crippen LogP contribution is 2.29. The van der Waals surface area contributed by atoms with Crippen molar-refractivity contribution in [3.8, 4) is 11.5 Å². The van der Waals surface area contributed by atoms with E-state index < -0.39 is 17.8 Å². The molecule has 0 aliphatic heterocycles. The van der Waals surface area contributed by atoms with Crippen molar-refractivity contribution in [1.82, 2.24) is 0 Å². The number of carboxylic acid groups (broad SMARTS) is 1. The predicted octanol–water partition coefficient (Wildman–Crippen LogP) is 0.494. The molecule has 16 heavy (non-hydrogen) atoms. The van der Waals surface area contributed by atoms with Gasteiger partial charge in [0.1, 0.15) is 11.9 Å². The zero-order valence-corrected chi connectivity index (χ0v) is 8.61. The number of phenols is 1. The molecule has 0 radical (unpaired) electrons. The lowest BCUT2D eigenvalue weighted by atomic mass is 10.1. The van der Waals surface area contributed by atoms with Crippen molar-refractivity contribution in [1.29, 1.82) is 0 Å². The van der Waals surface area contributed by atoms with Gasteiger partial charge in [0.2, 0.25) is 0 Å². The van der Waals surface area contributed by atoms with Gasteiger partial charge in [-0.1, -0.05) is 0 Å². The Bertz CT molecular complexity index is 408. The number of carboxylic acids is 1. The Kier molecular flexibility index (Phi) is 3.68. The average Bonchev–Trinajstić information content (AvgIpc) is 2.21. The fourth-order valence-electron chi connectivity index (χ4n) is 1.23. The molecular formula is C10H12FNO4. The number of rotatable bonds is 4. The molecule has 0 saturated carbocycles. The highest BCUT2D eigenvalue weighted by atomic mass is 19.1. The van der Waals surface area contributed by atoms with Crippen molar-refractivity contribution in [2.24, 2.45) is 5.73 Å². The molecule has 1 atom stereocenters. The Hall–Kier alpha value is -1.82. The quantitative estimate of drug-likeness (QED) is 0.698. The highest BCUT2D eigenvalue weighted by molar-refractivity contribution is 5.73. The van der Waals surface area contributed by atoms with E-state index in [1.807, 2.05) is 0 Å². The van der Waals surface area contributed by atoms with Crippen LogP contribution in [0.15, 0.2) is 12.1 Å². The number of hydrogen-bond donors (Lipinski definition) is 3. The van der Waals surface area contributed by atoms with Gasteiger partial charge in [-0.3, -0.25) is 4.79 Å². The van der Waals surface area contributed by atoms with Gasteiger partial charge in [-0.2, -0.15) is 0 Å². The molecule has 0 saturated heterocycles. The van der Waals surface area contributed by atoms with Crippen molar-refractivity contribution in [3.63, 3.8) is 0 Å². The SMILES string of the molecule is COc1cc(CC(N)C(=O)O)c(F)cc1O. The third kappa shape index (κ3) is 2.60. The minimum absolute atomic E-state index is 0.0778. The van der Waals surface area contributed by atoms with E-state index in [0.29, 0.717) is 0 Å². The summed E-state index contributed by atoms with van der Waals surface area (Å²) in [4.78, 5) is 10.5. The molecule has 4 N–H and O–H groups in total. The van der Waals surface area contributed by atoms with E-state index in [1.165, 1.54) is 13.2 Å². The lowest BCUT2D eigenvalue weighted by Gasteiger charge is -2.10. The topological polar surface area (TPSA) is 92.8 Å². The van der Waals surface area contributed by atoms with Crippen LogP contribution in [0.25, 0.3) is 0 Å². The molecule has 0 aliphatic carbocycles. The number of halogens is 1. The van der Waals surface area contributed by atoms with Crippen LogP contribution in [0.1, 0.15) is 5.56 Å². The maximum atomic E-state index is 13.3. The Morgan fingerprint density at radius 2 is 2.25 bits per heavy atom. The standard InChI is InChI=1S/C10H12FNO4/c1-16-9-3-5(2-7(12)10(14)15)6(11)4-8(9)13/h3-4,7,13H,2,12H2,1H3,(H,14,15). The van der Waals surface area contributed by atoms with E-state index in [1.54, 1.807) is 0 Å². The first kappa shape index (κ1) is 12.3. The molecule has 1 aromatic rings. The van der Waals surface area contributed by atoms with Gasteiger partial charge in [-0.15, -0.1) is 0 Å². The van der Waals surface area contributed by atoms with E-state index in [2.05, 4.69) is 0 Å². The second kappa shape index (κ2) is 4.80. The third-order valence-electron chi connectivity index (χ3n) is 2.10. The van der Waals surface area contributed by atoms with Crippen LogP contribution in [0.3, 0.4) is 0 Å². The summed E-state index contributed by atoms with van der Waals surface area (Å²) in [6.45, 7) is 0. The number of aromatic hydroxyl groups is 1. The molecule has 1 rings (SSSR count). The summed E-state index contributed by atoms with van der Waals surface area (Å²) >= 11 is 0. The second-order valence-corrected chi connectivity index (χ2v) is 3.26. The molecule has 0 heterocycles. The number of aliphatic carboxylic acids is 1. The normalized spacial score (nSPS) is 12.2. The number of methoxy groups -OCH3 is 1. The molecule has 0 aliphatic rings. The summed E-state index contributed by atoms with van der Waals surface area (Å²) < 4.78 is 18.1. The maximum Gasteiger partial charge on any atom is 0.320 e. The minimum Gasteiger partial charge on any atom is -0.504 e. The molecule has 1 unspecified atom stereocenters. The van der Waals surface area contributed by atoms with Crippen molar-refractivity contribution in [2.45, 2.75) is 12.5 Å². The van der Waals surface area contributed by atoms with Crippen LogP contribution in [0.5, 0.6) is 11.5 Å². The smallest absolute Gasteiger partial charge is 0.320 e. The van der Waals surface area contributed by atoms with E-state index in [4.69, 9.17) is 15.6 Å². The first-order valence-corrected chi connectivity index (χ1v) is 4.49. The molecule has 0 amide bonds. The molecule has 1 aromatic carbocycles. The first-order chi connectivity index (χ1) is 7.45. The average molecular weight is 229 g/mol. The molecular weight excluding hydrogens is 217 g/mol. The Morgan fingerprint density at radius 3 is 2.75 bits per heavy atom. The van der Waals surface area contributed by atoms with Gasteiger partial charge in [0, 0.05) is 12.5 Å². The molecule has 5 nitrogen and oxygen atoms in total. The van der Waals surface area contributed by atoms with Crippen LogP contribution in [-0.4, -0.2) is 29.3 Å². The van der Waals surface area contributed by atoms with Gasteiger partial charge in [0.05, 0.1) is 7.11 Å². The summed E-state index contributed by atoms with van der Waals surface area (Å²) in [5, 5.41) is 17.8. The third-order valence-corrected chi connectivity index (χ3v) is 2.10. The molecule has 88 valence electrons. The van der Waals surface area contributed by atoms with E-state index in [0.717, 1.165) is 6.07 Å². The van der Waals surface area contributed by atoms with Crippen molar-refractivity contribution >= 4 is 5.97 Å². The first-order valence-electron chi connectivity index (χ1n) is 4.49. The molecule has 0 aromatic heterocycles. The summed E-state index contributed by atoms with van der Waals surface area (Å²) in [6.07, 6.45) is -0.169. The van der Waals surface area contributed by atoms with Crippen LogP contribution < -0.4 is 10.5 Å². The fraction of sp³-hybridized carbons (Fsp3) is 0.300. The number of phenolic OH excluding ortho intramolecular Hbond substituents is 1. The van der Waals surface area contributed by atoms with Crippen molar-refractivity contribution in [3.05, 3.63) is 23.5 Å². The summed E-state index contributed by atoms with van der Waals surface area (Å²) in [5.41, 5.74) is 5.36. The van der Waals surface area contributed by atoms with Crippen LogP contribution in [0.4, 0.5) is 4.39 Å². The monoisotopic (exact) mass is 229 g/mol. The number of ether oxygens (including phenoxy) is 1. The van der Waals surface area contributed by atoms with Crippen molar-refractivity contribution < 1.29 is 24.1 Å². The van der Waals surface area contributed by atoms with Crippen molar-refractivity contribution in [2.75, 3.05) is 7.11 Å². The number of carbonyl (C=O) groups is 1. The summed E-state index contributed by atoms with van der Waals surface area (Å²) in [7, 11) is 1.31. The zero-order chi connectivity index (χ0) is 12.3. The summed E-state index contributed by atoms with van der Waals surface area (Å²) in [5.74, 6) is -2.19. The largest absolute Gasteiger partial charge is 0.504 e. The van der Waals surface area contributed by atoms with Gasteiger partial charge in [0.25, 0.3) is 0 Å². The van der Waals surface area contributed by atoms with Crippen LogP contribution >= 0.6 is 0 Å². The number of benzene rings is 1. The van der Waals surface area contributed by atoms with E-state index in [-0.39, 0.29) is 23.5 Å². The Labute approximate surface area is 91.3 Å². The molecule has 0 bridgehead atoms. The van der Waals surface area contributed by atoms with Crippen LogP contribution in [0.2, 0.25) is 0 Å². The molecule has 6 heteroatoms.